The summed E-state index contributed by atoms with van der Waals surface area (Å²) in [6, 6.07) is 19.0. The van der Waals surface area contributed by atoms with Gasteiger partial charge in [-0.1, -0.05) is 54.1 Å². The third-order valence-corrected chi connectivity index (χ3v) is 5.07. The van der Waals surface area contributed by atoms with Crippen molar-refractivity contribution in [3.63, 3.8) is 0 Å². The molecule has 0 unspecified atom stereocenters. The van der Waals surface area contributed by atoms with E-state index in [1.54, 1.807) is 54.6 Å². The molecule has 0 saturated heterocycles. The molecule has 0 fully saturated rings. The number of benzene rings is 3. The molecular weight excluding hydrogens is 429 g/mol. The van der Waals surface area contributed by atoms with Crippen LogP contribution in [0.1, 0.15) is 21.5 Å². The second kappa shape index (κ2) is 9.28. The van der Waals surface area contributed by atoms with Gasteiger partial charge in [0.1, 0.15) is 11.6 Å². The highest BCUT2D eigenvalue weighted by Crippen LogP contribution is 2.25. The zero-order valence-electron chi connectivity index (χ0n) is 16.1. The van der Waals surface area contributed by atoms with Gasteiger partial charge in [-0.15, -0.1) is 0 Å². The molecule has 1 amide bonds. The van der Waals surface area contributed by atoms with Gasteiger partial charge in [0, 0.05) is 12.1 Å². The van der Waals surface area contributed by atoms with E-state index in [0.717, 1.165) is 6.26 Å². The molecule has 0 heterocycles. The van der Waals surface area contributed by atoms with Gasteiger partial charge in [-0.3, -0.25) is 4.79 Å². The van der Waals surface area contributed by atoms with Gasteiger partial charge in [-0.05, 0) is 35.9 Å². The highest BCUT2D eigenvalue weighted by molar-refractivity contribution is 7.86. The van der Waals surface area contributed by atoms with E-state index in [1.807, 2.05) is 0 Å². The minimum atomic E-state index is -3.74. The normalized spacial score (nSPS) is 11.2. The van der Waals surface area contributed by atoms with Crippen molar-refractivity contribution in [2.75, 3.05) is 6.26 Å². The summed E-state index contributed by atoms with van der Waals surface area (Å²) in [6.07, 6.45) is 0.953. The lowest BCUT2D eigenvalue weighted by Gasteiger charge is -2.24. The van der Waals surface area contributed by atoms with Crippen LogP contribution >= 0.6 is 11.6 Å². The molecule has 0 aliphatic heterocycles. The van der Waals surface area contributed by atoms with Crippen molar-refractivity contribution in [1.29, 1.82) is 0 Å². The molecule has 5 nitrogen and oxygen atoms in total. The molecule has 0 radical (unpaired) electrons. The maximum absolute atomic E-state index is 13.3. The van der Waals surface area contributed by atoms with Crippen LogP contribution in [0.2, 0.25) is 5.02 Å². The maximum Gasteiger partial charge on any atom is 0.306 e. The van der Waals surface area contributed by atoms with Crippen molar-refractivity contribution in [2.45, 2.75) is 13.1 Å². The molecule has 3 aromatic rings. The van der Waals surface area contributed by atoms with Crippen molar-refractivity contribution in [3.05, 3.63) is 100 Å². The lowest BCUT2D eigenvalue weighted by Crippen LogP contribution is -2.30. The smallest absolute Gasteiger partial charge is 0.306 e. The Hall–Kier alpha value is -2.90. The summed E-state index contributed by atoms with van der Waals surface area (Å²) < 4.78 is 41.6. The lowest BCUT2D eigenvalue weighted by atomic mass is 10.1. The average molecular weight is 448 g/mol. The number of carbonyl (C=O) groups is 1. The summed E-state index contributed by atoms with van der Waals surface area (Å²) in [5.41, 5.74) is 1.52. The number of halogens is 2. The van der Waals surface area contributed by atoms with Crippen LogP contribution in [-0.4, -0.2) is 25.5 Å². The molecule has 0 atom stereocenters. The zero-order chi connectivity index (χ0) is 21.7. The van der Waals surface area contributed by atoms with Gasteiger partial charge < -0.3 is 9.08 Å². The number of para-hydroxylation sites is 1. The third-order valence-electron chi connectivity index (χ3n) is 4.25. The molecule has 0 N–H and O–H groups in total. The van der Waals surface area contributed by atoms with Crippen LogP contribution in [0, 0.1) is 5.82 Å². The summed E-state index contributed by atoms with van der Waals surface area (Å²) in [6.45, 7) is 0.227. The van der Waals surface area contributed by atoms with E-state index >= 15 is 0 Å². The van der Waals surface area contributed by atoms with Crippen LogP contribution in [0.25, 0.3) is 0 Å². The van der Waals surface area contributed by atoms with Gasteiger partial charge in [0.05, 0.1) is 23.4 Å². The first-order chi connectivity index (χ1) is 14.2. The molecule has 30 heavy (non-hydrogen) atoms. The Morgan fingerprint density at radius 3 is 2.27 bits per heavy atom. The summed E-state index contributed by atoms with van der Waals surface area (Å²) in [7, 11) is -3.74. The largest absolute Gasteiger partial charge is 0.382 e. The van der Waals surface area contributed by atoms with Crippen LogP contribution in [0.4, 0.5) is 4.39 Å². The third kappa shape index (κ3) is 5.81. The van der Waals surface area contributed by atoms with Crippen molar-refractivity contribution in [2.24, 2.45) is 0 Å². The van der Waals surface area contributed by atoms with E-state index < -0.39 is 10.1 Å². The molecule has 156 valence electrons. The SMILES string of the molecule is CS(=O)(=O)Oc1ccccc1CN(Cc1ccc(F)cc1)C(=O)c1ccccc1Cl. The predicted molar refractivity (Wildman–Crippen MR) is 113 cm³/mol. The molecule has 0 saturated carbocycles. The quantitative estimate of drug-likeness (QED) is 0.494. The molecular formula is C22H19ClFNO4S. The van der Waals surface area contributed by atoms with E-state index in [9.17, 15) is 17.6 Å². The number of amides is 1. The number of hydrogen-bond donors (Lipinski definition) is 0. The van der Waals surface area contributed by atoms with Gasteiger partial charge in [0.15, 0.2) is 0 Å². The minimum absolute atomic E-state index is 0.0626. The van der Waals surface area contributed by atoms with Gasteiger partial charge in [0.2, 0.25) is 0 Å². The second-order valence-corrected chi connectivity index (χ2v) is 8.64. The fraction of sp³-hybridized carbons (Fsp3) is 0.136. The summed E-state index contributed by atoms with van der Waals surface area (Å²) in [4.78, 5) is 14.7. The van der Waals surface area contributed by atoms with Gasteiger partial charge >= 0.3 is 10.1 Å². The van der Waals surface area contributed by atoms with Crippen LogP contribution in [-0.2, 0) is 23.2 Å². The van der Waals surface area contributed by atoms with Gasteiger partial charge in [-0.2, -0.15) is 8.42 Å². The monoisotopic (exact) mass is 447 g/mol. The first kappa shape index (κ1) is 21.8. The van der Waals surface area contributed by atoms with Gasteiger partial charge in [0.25, 0.3) is 5.91 Å². The molecule has 3 aromatic carbocycles. The number of hydrogen-bond acceptors (Lipinski definition) is 4. The van der Waals surface area contributed by atoms with E-state index in [1.165, 1.54) is 23.1 Å². The van der Waals surface area contributed by atoms with Crippen LogP contribution in [0.5, 0.6) is 5.75 Å². The average Bonchev–Trinajstić information content (AvgIpc) is 2.69. The van der Waals surface area contributed by atoms with Gasteiger partial charge in [-0.25, -0.2) is 4.39 Å². The zero-order valence-corrected chi connectivity index (χ0v) is 17.7. The first-order valence-electron chi connectivity index (χ1n) is 8.98. The molecule has 3 rings (SSSR count). The standard InChI is InChI=1S/C22H19ClFNO4S/c1-30(27,28)29-21-9-5-2-6-17(21)15-25(14-16-10-12-18(24)13-11-16)22(26)19-7-3-4-8-20(19)23/h2-13H,14-15H2,1H3. The van der Waals surface area contributed by atoms with E-state index in [-0.39, 0.29) is 30.6 Å². The van der Waals surface area contributed by atoms with E-state index in [0.29, 0.717) is 21.7 Å². The number of carbonyl (C=O) groups excluding carboxylic acids is 1. The Labute approximate surface area is 179 Å². The Balaban J connectivity index is 1.97. The highest BCUT2D eigenvalue weighted by Gasteiger charge is 2.21. The van der Waals surface area contributed by atoms with Crippen LogP contribution < -0.4 is 4.18 Å². The Kier molecular flexibility index (Phi) is 6.74. The van der Waals surface area contributed by atoms with E-state index in [2.05, 4.69) is 0 Å². The Bertz CT molecular complexity index is 1150. The fourth-order valence-electron chi connectivity index (χ4n) is 2.90. The number of nitrogens with zero attached hydrogens (tertiary/aromatic N) is 1. The second-order valence-electron chi connectivity index (χ2n) is 6.66. The molecule has 0 aromatic heterocycles. The molecule has 0 bridgehead atoms. The van der Waals surface area contributed by atoms with Crippen LogP contribution in [0.15, 0.2) is 72.8 Å². The molecule has 8 heteroatoms. The Morgan fingerprint density at radius 2 is 1.60 bits per heavy atom. The summed E-state index contributed by atoms with van der Waals surface area (Å²) in [5.74, 6) is -0.593. The maximum atomic E-state index is 13.3. The highest BCUT2D eigenvalue weighted by atomic mass is 35.5. The summed E-state index contributed by atoms with van der Waals surface area (Å²) in [5, 5.41) is 0.298. The summed E-state index contributed by atoms with van der Waals surface area (Å²) >= 11 is 6.21. The Morgan fingerprint density at radius 1 is 0.967 bits per heavy atom. The molecule has 0 aliphatic rings. The lowest BCUT2D eigenvalue weighted by molar-refractivity contribution is 0.0729. The van der Waals surface area contributed by atoms with Crippen molar-refractivity contribution in [3.8, 4) is 5.75 Å². The topological polar surface area (TPSA) is 63.7 Å². The molecule has 0 aliphatic carbocycles. The minimum Gasteiger partial charge on any atom is -0.382 e. The van der Waals surface area contributed by atoms with Crippen molar-refractivity contribution in [1.82, 2.24) is 4.90 Å². The van der Waals surface area contributed by atoms with E-state index in [4.69, 9.17) is 15.8 Å². The number of rotatable bonds is 7. The van der Waals surface area contributed by atoms with Crippen molar-refractivity contribution >= 4 is 27.6 Å². The van der Waals surface area contributed by atoms with Crippen molar-refractivity contribution < 1.29 is 21.8 Å². The first-order valence-corrected chi connectivity index (χ1v) is 11.2. The molecule has 0 spiro atoms. The predicted octanol–water partition coefficient (Wildman–Crippen LogP) is 4.66. The fourth-order valence-corrected chi connectivity index (χ4v) is 3.60. The van der Waals surface area contributed by atoms with Crippen LogP contribution in [0.3, 0.4) is 0 Å².